The number of benzene rings is 4. The third-order valence-corrected chi connectivity index (χ3v) is 15.5. The van der Waals surface area contributed by atoms with Gasteiger partial charge >= 0.3 is 12.4 Å². The van der Waals surface area contributed by atoms with E-state index >= 15 is 0 Å². The second-order valence-electron chi connectivity index (χ2n) is 19.5. The Morgan fingerprint density at radius 2 is 0.987 bits per heavy atom. The highest BCUT2D eigenvalue weighted by atomic mass is 79.9. The Labute approximate surface area is 436 Å². The molecule has 10 atom stereocenters. The average Bonchev–Trinajstić information content (AvgIpc) is 3.94. The Morgan fingerprint density at radius 1 is 0.613 bits per heavy atom. The van der Waals surface area contributed by atoms with E-state index in [1.54, 1.807) is 78.9 Å². The zero-order valence-corrected chi connectivity index (χ0v) is 42.4. The predicted octanol–water partition coefficient (Wildman–Crippen LogP) is 8.30. The summed E-state index contributed by atoms with van der Waals surface area (Å²) in [5.74, 6) is -2.44. The predicted molar refractivity (Wildman–Crippen MR) is 264 cm³/mol. The summed E-state index contributed by atoms with van der Waals surface area (Å²) in [7, 11) is 5.50. The molecule has 2 aliphatic carbocycles. The molecule has 20 heteroatoms. The molecule has 0 amide bonds. The van der Waals surface area contributed by atoms with Gasteiger partial charge in [0.05, 0.1) is 87.1 Å². The molecule has 2 aromatic heterocycles. The normalized spacial score (nSPS) is 28.3. The Kier molecular flexibility index (Phi) is 14.3. The number of pyridine rings is 2. The Morgan fingerprint density at radius 3 is 1.33 bits per heavy atom. The van der Waals surface area contributed by atoms with Gasteiger partial charge in [-0.2, -0.15) is 31.6 Å². The third-order valence-electron chi connectivity index (χ3n) is 15.0. The first-order chi connectivity index (χ1) is 35.6. The molecule has 4 N–H and O–H groups in total. The summed E-state index contributed by atoms with van der Waals surface area (Å²) in [6.45, 7) is -2.68. The number of fused-ring (bicyclic) bond motifs is 6. The molecule has 13 nitrogen and oxygen atoms in total. The van der Waals surface area contributed by atoms with Crippen LogP contribution in [0.1, 0.15) is 50.8 Å². The summed E-state index contributed by atoms with van der Waals surface area (Å²) in [5.41, 5.74) is -4.29. The first-order valence-corrected chi connectivity index (χ1v) is 24.5. The van der Waals surface area contributed by atoms with E-state index in [1.165, 1.54) is 53.1 Å². The molecule has 6 aromatic rings. The lowest BCUT2D eigenvalue weighted by molar-refractivity contribution is -0.155. The maximum Gasteiger partial charge on any atom is 0.401 e. The van der Waals surface area contributed by atoms with E-state index in [9.17, 15) is 52.0 Å². The number of nitrogens with zero attached hydrogens (tertiary/aromatic N) is 5. The summed E-state index contributed by atoms with van der Waals surface area (Å²) in [4.78, 5) is 10.5. The Bertz CT molecular complexity index is 3050. The first-order valence-electron chi connectivity index (χ1n) is 23.7. The monoisotopic (exact) mass is 1100 g/mol. The van der Waals surface area contributed by atoms with E-state index < -0.39 is 83.7 Å². The van der Waals surface area contributed by atoms with E-state index in [0.29, 0.717) is 27.8 Å². The number of aromatic nitrogens is 2. The molecule has 4 aliphatic rings. The molecule has 75 heavy (non-hydrogen) atoms. The maximum absolute atomic E-state index is 13.3. The minimum absolute atomic E-state index is 0.146. The number of alkyl halides is 6. The van der Waals surface area contributed by atoms with Crippen LogP contribution in [0.25, 0.3) is 0 Å². The fourth-order valence-corrected chi connectivity index (χ4v) is 12.7. The van der Waals surface area contributed by atoms with Crippen molar-refractivity contribution in [2.75, 3.05) is 54.5 Å². The quantitative estimate of drug-likeness (QED) is 0.0863. The van der Waals surface area contributed by atoms with Crippen molar-refractivity contribution in [1.29, 1.82) is 5.26 Å². The zero-order valence-electron chi connectivity index (χ0n) is 40.8. The topological polar surface area (TPSA) is 174 Å². The summed E-state index contributed by atoms with van der Waals surface area (Å²) in [5, 5.41) is 58.5. The molecule has 0 unspecified atom stereocenters. The summed E-state index contributed by atoms with van der Waals surface area (Å²) >= 11 is 3.44. The van der Waals surface area contributed by atoms with Gasteiger partial charge in [-0.05, 0) is 60.6 Å². The van der Waals surface area contributed by atoms with Crippen molar-refractivity contribution < 1.29 is 65.7 Å². The lowest BCUT2D eigenvalue weighted by Crippen LogP contribution is -2.52. The second kappa shape index (κ2) is 20.0. The molecule has 0 radical (unpaired) electrons. The molecular formula is C55H52BrF6N5O8. The van der Waals surface area contributed by atoms with Crippen LogP contribution in [0.3, 0.4) is 0 Å². The van der Waals surface area contributed by atoms with Gasteiger partial charge in [0.1, 0.15) is 23.0 Å². The van der Waals surface area contributed by atoms with Gasteiger partial charge in [0.25, 0.3) is 0 Å². The summed E-state index contributed by atoms with van der Waals surface area (Å²) in [6, 6.07) is 33.7. The second-order valence-corrected chi connectivity index (χ2v) is 20.4. The fraction of sp³-hybridized carbons (Fsp3) is 0.364. The van der Waals surface area contributed by atoms with Crippen molar-refractivity contribution >= 4 is 15.9 Å². The van der Waals surface area contributed by atoms with Crippen LogP contribution < -0.4 is 18.9 Å². The molecule has 4 aromatic carbocycles. The molecular weight excluding hydrogens is 1050 g/mol. The highest BCUT2D eigenvalue weighted by Crippen LogP contribution is 2.71. The Balaban J connectivity index is 0.000000184. The lowest BCUT2D eigenvalue weighted by atomic mass is 9.70. The summed E-state index contributed by atoms with van der Waals surface area (Å²) in [6.07, 6.45) is -6.25. The van der Waals surface area contributed by atoms with Gasteiger partial charge in [0.15, 0.2) is 22.4 Å². The first kappa shape index (κ1) is 53.5. The number of hydrogen-bond acceptors (Lipinski definition) is 13. The number of nitriles is 1. The van der Waals surface area contributed by atoms with Crippen molar-refractivity contribution in [3.8, 4) is 29.1 Å². The van der Waals surface area contributed by atoms with Crippen LogP contribution in [0.5, 0.6) is 23.0 Å². The van der Waals surface area contributed by atoms with Gasteiger partial charge in [-0.3, -0.25) is 19.8 Å². The van der Waals surface area contributed by atoms with E-state index in [-0.39, 0.29) is 47.2 Å². The number of halogens is 7. The van der Waals surface area contributed by atoms with Crippen LogP contribution >= 0.6 is 15.9 Å². The van der Waals surface area contributed by atoms with Crippen molar-refractivity contribution in [2.45, 2.75) is 58.8 Å². The maximum atomic E-state index is 13.3. The average molecular weight is 1100 g/mol. The highest BCUT2D eigenvalue weighted by Gasteiger charge is 2.78. The molecule has 0 spiro atoms. The minimum Gasteiger partial charge on any atom is -0.495 e. The number of aliphatic hydroxyl groups is 4. The van der Waals surface area contributed by atoms with Gasteiger partial charge in [-0.25, -0.2) is 0 Å². The fourth-order valence-electron chi connectivity index (χ4n) is 12.4. The number of aliphatic hydroxyl groups excluding tert-OH is 2. The van der Waals surface area contributed by atoms with Gasteiger partial charge < -0.3 is 39.4 Å². The van der Waals surface area contributed by atoms with Crippen molar-refractivity contribution in [1.82, 2.24) is 19.8 Å². The molecule has 2 fully saturated rings. The van der Waals surface area contributed by atoms with Crippen LogP contribution in [-0.4, -0.2) is 119 Å². The van der Waals surface area contributed by atoms with Crippen LogP contribution in [0.15, 0.2) is 138 Å². The molecule has 394 valence electrons. The highest BCUT2D eigenvalue weighted by molar-refractivity contribution is 9.10. The largest absolute Gasteiger partial charge is 0.495 e. The third kappa shape index (κ3) is 8.85. The zero-order chi connectivity index (χ0) is 53.9. The van der Waals surface area contributed by atoms with Crippen LogP contribution in [0.2, 0.25) is 0 Å². The van der Waals surface area contributed by atoms with E-state index in [1.807, 2.05) is 30.3 Å². The number of hydrogen-bond donors (Lipinski definition) is 4. The number of ether oxygens (including phenoxy) is 4. The van der Waals surface area contributed by atoms with Crippen molar-refractivity contribution in [2.24, 2.45) is 11.8 Å². The Hall–Kier alpha value is -6.31. The van der Waals surface area contributed by atoms with Gasteiger partial charge in [-0.1, -0.05) is 101 Å². The standard InChI is InChI=1S/C28H26F3N3O4.C27H26BrF3N2O4/c1-34(16-26(29,30)31)15-20-23(18-6-4-3-5-7-18)28(19-10-8-17(12-32)9-11-19)27(36,25(20)35)24-21(37-2)13-33-14-22(24)38-28;1-33(15-25(29,30)31)14-19-22(16-6-4-3-5-7-16)27(17-8-10-18(28)11-9-17)26(35,24(19)34)23-20(36-2)12-32-13-21(23)37-27/h3-11,13-14,20,23,25,35-36H,15-16H2,1-2H3;3-13,19,22,24,34-35H,14-15H2,1-2H3/t20-,23-,25-,27+,28+;19-,22-,24-,26+,27+/m11/s1. The van der Waals surface area contributed by atoms with Crippen LogP contribution in [-0.2, 0) is 22.4 Å². The molecule has 10 rings (SSSR count). The molecule has 2 aliphatic heterocycles. The van der Waals surface area contributed by atoms with Gasteiger partial charge in [0.2, 0.25) is 0 Å². The molecule has 0 bridgehead atoms. The molecule has 0 saturated heterocycles. The smallest absolute Gasteiger partial charge is 0.401 e. The van der Waals surface area contributed by atoms with E-state index in [2.05, 4.69) is 32.0 Å². The SMILES string of the molecule is COc1cncc2c1[C@]1(O)[C@H](O)[C@H](CN(C)CC(F)(F)F)[C@@H](c3ccccc3)[C@]1(c1ccc(Br)cc1)O2.COc1cncc2c1[C@]1(O)[C@H](O)[C@H](CN(C)CC(F)(F)F)[C@@H](c3ccccc3)[C@]1(c1ccc(C#N)cc1)O2. The minimum atomic E-state index is -4.45. The molecule has 2 saturated carbocycles. The lowest BCUT2D eigenvalue weighted by Gasteiger charge is -2.41. The van der Waals surface area contributed by atoms with Crippen LogP contribution in [0, 0.1) is 23.2 Å². The molecule has 4 heterocycles. The van der Waals surface area contributed by atoms with Gasteiger partial charge in [0, 0.05) is 41.2 Å². The number of methoxy groups -OCH3 is 2. The van der Waals surface area contributed by atoms with Crippen molar-refractivity contribution in [3.63, 3.8) is 0 Å². The number of rotatable bonds is 12. The van der Waals surface area contributed by atoms with Crippen LogP contribution in [0.4, 0.5) is 26.3 Å². The van der Waals surface area contributed by atoms with Gasteiger partial charge in [-0.15, -0.1) is 0 Å². The van der Waals surface area contributed by atoms with E-state index in [0.717, 1.165) is 14.3 Å². The van der Waals surface area contributed by atoms with Crippen molar-refractivity contribution in [3.05, 3.63) is 177 Å². The van der Waals surface area contributed by atoms with E-state index in [4.69, 9.17) is 18.9 Å². The summed E-state index contributed by atoms with van der Waals surface area (Å²) < 4.78 is 105.